The summed E-state index contributed by atoms with van der Waals surface area (Å²) in [5.74, 6) is 2.41. The molecule has 0 radical (unpaired) electrons. The molecule has 0 aliphatic carbocycles. The van der Waals surface area contributed by atoms with E-state index in [2.05, 4.69) is 4.90 Å². The van der Waals surface area contributed by atoms with Crippen molar-refractivity contribution >= 4 is 5.91 Å². The summed E-state index contributed by atoms with van der Waals surface area (Å²) in [6, 6.07) is 5.89. The summed E-state index contributed by atoms with van der Waals surface area (Å²) in [5.41, 5.74) is 0. The summed E-state index contributed by atoms with van der Waals surface area (Å²) in [4.78, 5) is 17.2. The lowest BCUT2D eigenvalue weighted by Crippen LogP contribution is -2.51. The minimum absolute atomic E-state index is 0.0306. The van der Waals surface area contributed by atoms with Crippen LogP contribution in [0.3, 0.4) is 0 Å². The van der Waals surface area contributed by atoms with Crippen molar-refractivity contribution in [1.29, 1.82) is 0 Å². The highest BCUT2D eigenvalue weighted by atomic mass is 16.7. The highest BCUT2D eigenvalue weighted by Gasteiger charge is 2.31. The molecular weight excluding hydrogens is 360 g/mol. The van der Waals surface area contributed by atoms with Gasteiger partial charge in [-0.3, -0.25) is 9.69 Å². The fourth-order valence-corrected chi connectivity index (χ4v) is 4.49. The second-order valence-electron chi connectivity index (χ2n) is 8.02. The van der Waals surface area contributed by atoms with E-state index in [9.17, 15) is 9.90 Å². The van der Waals surface area contributed by atoms with Crippen LogP contribution in [-0.4, -0.2) is 72.5 Å². The van der Waals surface area contributed by atoms with Gasteiger partial charge in [-0.15, -0.1) is 0 Å². The molecule has 2 unspecified atom stereocenters. The molecule has 0 saturated carbocycles. The highest BCUT2D eigenvalue weighted by Crippen LogP contribution is 2.35. The molecule has 3 aliphatic heterocycles. The number of fused-ring (bicyclic) bond motifs is 1. The number of aliphatic hydroxyl groups excluding tert-OH is 1. The lowest BCUT2D eigenvalue weighted by atomic mass is 9.94. The third kappa shape index (κ3) is 4.20. The number of nitrogens with zero attached hydrogens (tertiary/aromatic N) is 2. The van der Waals surface area contributed by atoms with Crippen LogP contribution in [-0.2, 0) is 4.79 Å². The molecule has 2 atom stereocenters. The molecule has 1 amide bonds. The predicted octanol–water partition coefficient (Wildman–Crippen LogP) is 1.88. The number of ether oxygens (including phenoxy) is 3. The Morgan fingerprint density at radius 1 is 1.21 bits per heavy atom. The van der Waals surface area contributed by atoms with Crippen LogP contribution in [0, 0.1) is 5.92 Å². The van der Waals surface area contributed by atoms with E-state index in [1.807, 2.05) is 4.90 Å². The number of aliphatic hydroxyl groups is 1. The minimum Gasteiger partial charge on any atom is -0.481 e. The SMILES string of the molecule is CC(Oc1ccc2c(c1)OCO2)C(=O)N1CCC(N2CCCC(CO)C2)CC1. The fourth-order valence-electron chi connectivity index (χ4n) is 4.49. The van der Waals surface area contributed by atoms with Crippen LogP contribution < -0.4 is 14.2 Å². The van der Waals surface area contributed by atoms with Crippen molar-refractivity contribution in [2.45, 2.75) is 44.8 Å². The van der Waals surface area contributed by atoms with Gasteiger partial charge < -0.3 is 24.2 Å². The molecule has 154 valence electrons. The van der Waals surface area contributed by atoms with E-state index in [0.717, 1.165) is 51.9 Å². The third-order valence-electron chi connectivity index (χ3n) is 6.11. The quantitative estimate of drug-likeness (QED) is 0.828. The van der Waals surface area contributed by atoms with Gasteiger partial charge in [0.05, 0.1) is 0 Å². The molecule has 0 spiro atoms. The molecule has 3 heterocycles. The third-order valence-corrected chi connectivity index (χ3v) is 6.11. The molecule has 28 heavy (non-hydrogen) atoms. The number of benzene rings is 1. The largest absolute Gasteiger partial charge is 0.481 e. The van der Waals surface area contributed by atoms with Crippen LogP contribution in [0.1, 0.15) is 32.6 Å². The molecule has 1 aromatic rings. The minimum atomic E-state index is -0.536. The molecule has 0 aromatic heterocycles. The summed E-state index contributed by atoms with van der Waals surface area (Å²) in [6.07, 6.45) is 3.72. The Balaban J connectivity index is 1.27. The number of carbonyl (C=O) groups is 1. The zero-order valence-electron chi connectivity index (χ0n) is 16.5. The maximum Gasteiger partial charge on any atom is 0.263 e. The molecule has 7 nitrogen and oxygen atoms in total. The maximum atomic E-state index is 12.8. The second kappa shape index (κ2) is 8.57. The predicted molar refractivity (Wildman–Crippen MR) is 104 cm³/mol. The molecule has 7 heteroatoms. The Kier molecular flexibility index (Phi) is 5.92. The van der Waals surface area contributed by atoms with Gasteiger partial charge in [-0.25, -0.2) is 0 Å². The number of hydrogen-bond donors (Lipinski definition) is 1. The first-order chi connectivity index (χ1) is 13.6. The molecule has 3 aliphatic rings. The molecule has 1 aromatic carbocycles. The van der Waals surface area contributed by atoms with Crippen LogP contribution in [0.4, 0.5) is 0 Å². The van der Waals surface area contributed by atoms with Crippen molar-refractivity contribution in [2.75, 3.05) is 39.6 Å². The van der Waals surface area contributed by atoms with Gasteiger partial charge in [0, 0.05) is 38.3 Å². The van der Waals surface area contributed by atoms with Crippen molar-refractivity contribution in [2.24, 2.45) is 5.92 Å². The maximum absolute atomic E-state index is 12.8. The number of rotatable bonds is 5. The first-order valence-electron chi connectivity index (χ1n) is 10.3. The van der Waals surface area contributed by atoms with E-state index >= 15 is 0 Å². The molecule has 4 rings (SSSR count). The lowest BCUT2D eigenvalue weighted by Gasteiger charge is -2.42. The number of likely N-dealkylation sites (tertiary alicyclic amines) is 2. The molecule has 2 saturated heterocycles. The summed E-state index contributed by atoms with van der Waals surface area (Å²) in [6.45, 7) is 5.92. The fraction of sp³-hybridized carbons (Fsp3) is 0.667. The number of amides is 1. The Labute approximate surface area is 166 Å². The van der Waals surface area contributed by atoms with E-state index < -0.39 is 6.10 Å². The average molecular weight is 390 g/mol. The van der Waals surface area contributed by atoms with E-state index in [4.69, 9.17) is 14.2 Å². The molecular formula is C21H30N2O5. The van der Waals surface area contributed by atoms with Gasteiger partial charge in [0.1, 0.15) is 5.75 Å². The van der Waals surface area contributed by atoms with Gasteiger partial charge in [-0.2, -0.15) is 0 Å². The van der Waals surface area contributed by atoms with Crippen molar-refractivity contribution in [3.05, 3.63) is 18.2 Å². The van der Waals surface area contributed by atoms with Crippen LogP contribution in [0.25, 0.3) is 0 Å². The van der Waals surface area contributed by atoms with E-state index in [1.165, 1.54) is 0 Å². The highest BCUT2D eigenvalue weighted by molar-refractivity contribution is 5.81. The first kappa shape index (κ1) is 19.3. The summed E-state index contributed by atoms with van der Waals surface area (Å²) < 4.78 is 16.5. The smallest absolute Gasteiger partial charge is 0.263 e. The van der Waals surface area contributed by atoms with Gasteiger partial charge in [0.15, 0.2) is 17.6 Å². The Morgan fingerprint density at radius 2 is 2.00 bits per heavy atom. The van der Waals surface area contributed by atoms with Gasteiger partial charge in [-0.1, -0.05) is 0 Å². The van der Waals surface area contributed by atoms with Gasteiger partial charge >= 0.3 is 0 Å². The zero-order chi connectivity index (χ0) is 19.5. The van der Waals surface area contributed by atoms with Gasteiger partial charge in [0.25, 0.3) is 5.91 Å². The van der Waals surface area contributed by atoms with Crippen molar-refractivity contribution in [1.82, 2.24) is 9.80 Å². The number of hydrogen-bond acceptors (Lipinski definition) is 6. The van der Waals surface area contributed by atoms with Gasteiger partial charge in [0.2, 0.25) is 6.79 Å². The topological polar surface area (TPSA) is 71.5 Å². The van der Waals surface area contributed by atoms with E-state index in [1.54, 1.807) is 25.1 Å². The summed E-state index contributed by atoms with van der Waals surface area (Å²) in [7, 11) is 0. The second-order valence-corrected chi connectivity index (χ2v) is 8.02. The average Bonchev–Trinajstić information content (AvgIpc) is 3.21. The standard InChI is InChI=1S/C21H30N2O5/c1-15(28-18-4-5-19-20(11-18)27-14-26-19)21(25)22-9-6-17(7-10-22)23-8-2-3-16(12-23)13-24/h4-5,11,15-17,24H,2-3,6-10,12-14H2,1H3. The van der Waals surface area contributed by atoms with Crippen LogP contribution in [0.2, 0.25) is 0 Å². The molecule has 2 fully saturated rings. The van der Waals surface area contributed by atoms with E-state index in [-0.39, 0.29) is 19.3 Å². The lowest BCUT2D eigenvalue weighted by molar-refractivity contribution is -0.139. The molecule has 0 bridgehead atoms. The van der Waals surface area contributed by atoms with Crippen LogP contribution in [0.5, 0.6) is 17.2 Å². The Hall–Kier alpha value is -1.99. The number of piperidine rings is 2. The summed E-state index contributed by atoms with van der Waals surface area (Å²) >= 11 is 0. The van der Waals surface area contributed by atoms with Crippen LogP contribution in [0.15, 0.2) is 18.2 Å². The first-order valence-corrected chi connectivity index (χ1v) is 10.3. The Bertz CT molecular complexity index is 689. The monoisotopic (exact) mass is 390 g/mol. The van der Waals surface area contributed by atoms with Crippen molar-refractivity contribution in [3.8, 4) is 17.2 Å². The number of carbonyl (C=O) groups excluding carboxylic acids is 1. The van der Waals surface area contributed by atoms with Crippen molar-refractivity contribution in [3.63, 3.8) is 0 Å². The Morgan fingerprint density at radius 3 is 2.79 bits per heavy atom. The van der Waals surface area contributed by atoms with Crippen molar-refractivity contribution < 1.29 is 24.1 Å². The van der Waals surface area contributed by atoms with E-state index in [0.29, 0.717) is 29.2 Å². The summed E-state index contributed by atoms with van der Waals surface area (Å²) in [5, 5.41) is 9.45. The zero-order valence-corrected chi connectivity index (χ0v) is 16.5. The van der Waals surface area contributed by atoms with Gasteiger partial charge in [-0.05, 0) is 57.2 Å². The van der Waals surface area contributed by atoms with Crippen LogP contribution >= 0.6 is 0 Å². The normalized spacial score (nSPS) is 24.2. The molecule has 1 N–H and O–H groups in total.